The van der Waals surface area contributed by atoms with Crippen LogP contribution >= 0.6 is 15.9 Å². The maximum absolute atomic E-state index is 5.44. The Morgan fingerprint density at radius 1 is 1.57 bits per heavy atom. The molecule has 0 N–H and O–H groups in total. The molecular weight excluding hydrogens is 246 g/mol. The summed E-state index contributed by atoms with van der Waals surface area (Å²) in [7, 11) is 2.01. The van der Waals surface area contributed by atoms with Crippen LogP contribution in [0.2, 0.25) is 0 Å². The van der Waals surface area contributed by atoms with Crippen molar-refractivity contribution in [2.75, 3.05) is 13.2 Å². The molecule has 2 heterocycles. The first-order valence-electron chi connectivity index (χ1n) is 4.84. The molecule has 1 aliphatic heterocycles. The molecular formula is C9H14BrN3O. The van der Waals surface area contributed by atoms with Crippen molar-refractivity contribution in [3.63, 3.8) is 0 Å². The molecule has 4 nitrogen and oxygen atoms in total. The van der Waals surface area contributed by atoms with Crippen LogP contribution in [0, 0.1) is 0 Å². The molecule has 0 aromatic carbocycles. The Hall–Kier alpha value is -0.420. The van der Waals surface area contributed by atoms with Gasteiger partial charge in [0, 0.05) is 19.6 Å². The van der Waals surface area contributed by atoms with Gasteiger partial charge in [0.05, 0.1) is 11.9 Å². The van der Waals surface area contributed by atoms with E-state index in [-0.39, 0.29) is 0 Å². The van der Waals surface area contributed by atoms with Gasteiger partial charge in [-0.2, -0.15) is 0 Å². The van der Waals surface area contributed by atoms with Crippen LogP contribution in [-0.2, 0) is 17.1 Å². The highest BCUT2D eigenvalue weighted by Gasteiger charge is 2.21. The molecule has 78 valence electrons. The Morgan fingerprint density at radius 3 is 3.00 bits per heavy atom. The summed E-state index contributed by atoms with van der Waals surface area (Å²) in [5, 5.41) is 9.09. The Balaban J connectivity index is 2.18. The number of nitrogens with zero attached hydrogens (tertiary/aromatic N) is 3. The highest BCUT2D eigenvalue weighted by Crippen LogP contribution is 2.24. The lowest BCUT2D eigenvalue weighted by Gasteiger charge is -2.21. The van der Waals surface area contributed by atoms with Gasteiger partial charge in [0.1, 0.15) is 11.6 Å². The number of halogens is 1. The van der Waals surface area contributed by atoms with Crippen molar-refractivity contribution in [2.45, 2.75) is 24.1 Å². The first kappa shape index (κ1) is 10.1. The molecule has 1 aromatic rings. The third-order valence-corrected chi connectivity index (χ3v) is 3.15. The van der Waals surface area contributed by atoms with E-state index in [2.05, 4.69) is 30.7 Å². The fourth-order valence-corrected chi connectivity index (χ4v) is 2.28. The maximum atomic E-state index is 5.44. The van der Waals surface area contributed by atoms with Crippen LogP contribution in [0.15, 0.2) is 0 Å². The van der Waals surface area contributed by atoms with Gasteiger partial charge >= 0.3 is 0 Å². The summed E-state index contributed by atoms with van der Waals surface area (Å²) in [5.74, 6) is 2.46. The molecule has 1 unspecified atom stereocenters. The number of rotatable bonds is 2. The Bertz CT molecular complexity index is 307. The quantitative estimate of drug-likeness (QED) is 0.758. The van der Waals surface area contributed by atoms with Crippen LogP contribution in [0.4, 0.5) is 0 Å². The van der Waals surface area contributed by atoms with E-state index in [1.807, 2.05) is 7.05 Å². The van der Waals surface area contributed by atoms with E-state index in [0.29, 0.717) is 5.92 Å². The third-order valence-electron chi connectivity index (χ3n) is 2.64. The van der Waals surface area contributed by atoms with Crippen molar-refractivity contribution in [2.24, 2.45) is 7.05 Å². The summed E-state index contributed by atoms with van der Waals surface area (Å²) in [4.78, 5) is 0. The smallest absolute Gasteiger partial charge is 0.143 e. The number of hydrogen-bond acceptors (Lipinski definition) is 3. The fraction of sp³-hybridized carbons (Fsp3) is 0.778. The van der Waals surface area contributed by atoms with Gasteiger partial charge in [-0.05, 0) is 12.8 Å². The average Bonchev–Trinajstić information content (AvgIpc) is 2.61. The van der Waals surface area contributed by atoms with E-state index in [1.54, 1.807) is 0 Å². The van der Waals surface area contributed by atoms with Gasteiger partial charge < -0.3 is 9.30 Å². The zero-order chi connectivity index (χ0) is 9.97. The molecule has 0 radical (unpaired) electrons. The molecule has 2 rings (SSSR count). The molecule has 0 bridgehead atoms. The number of alkyl halides is 1. The zero-order valence-electron chi connectivity index (χ0n) is 8.24. The Kier molecular flexibility index (Phi) is 3.18. The SMILES string of the molecule is Cn1c(CBr)nnc1C1CCCOC1. The second-order valence-corrected chi connectivity index (χ2v) is 4.14. The topological polar surface area (TPSA) is 39.9 Å². The normalized spacial score (nSPS) is 22.6. The standard InChI is InChI=1S/C9H14BrN3O/c1-13-8(5-10)11-12-9(13)7-3-2-4-14-6-7/h7H,2-6H2,1H3. The Labute approximate surface area is 91.8 Å². The number of aromatic nitrogens is 3. The molecule has 1 aliphatic rings. The number of hydrogen-bond donors (Lipinski definition) is 0. The summed E-state index contributed by atoms with van der Waals surface area (Å²) < 4.78 is 7.51. The van der Waals surface area contributed by atoms with Crippen LogP contribution in [0.1, 0.15) is 30.4 Å². The van der Waals surface area contributed by atoms with Crippen LogP contribution in [-0.4, -0.2) is 28.0 Å². The molecule has 1 saturated heterocycles. The number of ether oxygens (including phenoxy) is 1. The van der Waals surface area contributed by atoms with E-state index in [4.69, 9.17) is 4.74 Å². The predicted molar refractivity (Wildman–Crippen MR) is 56.4 cm³/mol. The minimum absolute atomic E-state index is 0.425. The van der Waals surface area contributed by atoms with Crippen molar-refractivity contribution in [3.8, 4) is 0 Å². The molecule has 0 aliphatic carbocycles. The van der Waals surface area contributed by atoms with Gasteiger partial charge in [0.2, 0.25) is 0 Å². The molecule has 1 aromatic heterocycles. The van der Waals surface area contributed by atoms with Crippen molar-refractivity contribution in [1.29, 1.82) is 0 Å². The first-order chi connectivity index (χ1) is 6.83. The molecule has 0 spiro atoms. The average molecular weight is 260 g/mol. The van der Waals surface area contributed by atoms with Crippen LogP contribution in [0.5, 0.6) is 0 Å². The highest BCUT2D eigenvalue weighted by atomic mass is 79.9. The molecule has 5 heteroatoms. The van der Waals surface area contributed by atoms with E-state index in [9.17, 15) is 0 Å². The Morgan fingerprint density at radius 2 is 2.43 bits per heavy atom. The van der Waals surface area contributed by atoms with Crippen LogP contribution in [0.3, 0.4) is 0 Å². The first-order valence-corrected chi connectivity index (χ1v) is 5.97. The van der Waals surface area contributed by atoms with E-state index < -0.39 is 0 Å². The second kappa shape index (κ2) is 4.40. The maximum Gasteiger partial charge on any atom is 0.143 e. The minimum Gasteiger partial charge on any atom is -0.381 e. The van der Waals surface area contributed by atoms with Crippen molar-refractivity contribution >= 4 is 15.9 Å². The highest BCUT2D eigenvalue weighted by molar-refractivity contribution is 9.08. The lowest BCUT2D eigenvalue weighted by atomic mass is 10.0. The largest absolute Gasteiger partial charge is 0.381 e. The van der Waals surface area contributed by atoms with E-state index in [0.717, 1.165) is 43.0 Å². The van der Waals surface area contributed by atoms with E-state index in [1.165, 1.54) is 0 Å². The van der Waals surface area contributed by atoms with Gasteiger partial charge in [-0.3, -0.25) is 0 Å². The zero-order valence-corrected chi connectivity index (χ0v) is 9.83. The molecule has 0 amide bonds. The molecule has 1 atom stereocenters. The lowest BCUT2D eigenvalue weighted by molar-refractivity contribution is 0.0771. The third kappa shape index (κ3) is 1.83. The summed E-state index contributed by atoms with van der Waals surface area (Å²) in [5.41, 5.74) is 0. The summed E-state index contributed by atoms with van der Waals surface area (Å²) >= 11 is 3.39. The van der Waals surface area contributed by atoms with Gasteiger partial charge in [-0.15, -0.1) is 10.2 Å². The van der Waals surface area contributed by atoms with Crippen molar-refractivity contribution in [1.82, 2.24) is 14.8 Å². The van der Waals surface area contributed by atoms with Crippen LogP contribution < -0.4 is 0 Å². The van der Waals surface area contributed by atoms with Gasteiger partial charge in [-0.1, -0.05) is 15.9 Å². The van der Waals surface area contributed by atoms with Gasteiger partial charge in [0.25, 0.3) is 0 Å². The lowest BCUT2D eigenvalue weighted by Crippen LogP contribution is -2.19. The minimum atomic E-state index is 0.425. The van der Waals surface area contributed by atoms with Crippen molar-refractivity contribution < 1.29 is 4.74 Å². The van der Waals surface area contributed by atoms with Gasteiger partial charge in [-0.25, -0.2) is 0 Å². The van der Waals surface area contributed by atoms with Crippen molar-refractivity contribution in [3.05, 3.63) is 11.6 Å². The van der Waals surface area contributed by atoms with Gasteiger partial charge in [0.15, 0.2) is 0 Å². The van der Waals surface area contributed by atoms with E-state index >= 15 is 0 Å². The summed E-state index contributed by atoms with van der Waals surface area (Å²) in [6.07, 6.45) is 2.29. The summed E-state index contributed by atoms with van der Waals surface area (Å²) in [6, 6.07) is 0. The summed E-state index contributed by atoms with van der Waals surface area (Å²) in [6.45, 7) is 1.67. The molecule has 1 fully saturated rings. The van der Waals surface area contributed by atoms with Crippen LogP contribution in [0.25, 0.3) is 0 Å². The fourth-order valence-electron chi connectivity index (χ4n) is 1.79. The monoisotopic (exact) mass is 259 g/mol. The predicted octanol–water partition coefficient (Wildman–Crippen LogP) is 1.60. The second-order valence-electron chi connectivity index (χ2n) is 3.58. The molecule has 0 saturated carbocycles. The molecule has 14 heavy (non-hydrogen) atoms.